The lowest BCUT2D eigenvalue weighted by atomic mass is 9.77. The molecule has 0 saturated carbocycles. The van der Waals surface area contributed by atoms with E-state index < -0.39 is 70.6 Å². The SMILES string of the molecule is C#Cc1ccc(C(=O)NC(C(=O)NOC)[C@@H](C)OC(C)(C)C)cc1.C#Cc1ccc(C(=O)NCCNC(c2ccccc2)(c2ccccc2)c2ccccc2)cc1.C#Cc1ccc(C(=O)O)cc1.C[C@@H](O)C(NC(=O)c1ccc(C#CC#Cc2ccc(C(=O)NCCN)cc2)cc1)C(=O)NO.NCCNC(c1ccccc1)(c1ccccc1)c1ccccc1. The number of carboxylic acid groups (broad SMARTS) is 1. The second-order valence-corrected chi connectivity index (χ2v) is 28.5. The summed E-state index contributed by atoms with van der Waals surface area (Å²) in [6.07, 6.45) is 14.0. The fraction of sp³-hybridized carbons (Fsp3) is 0.186. The molecule has 4 atom stereocenters. The highest BCUT2D eigenvalue weighted by Crippen LogP contribution is 2.38. The standard InChI is InChI=1S/C30H26N2O.C24H24N4O5.C21H22N2.C18H24N2O4.C9H6O2/c1-2-24-18-20-25(21-19-24)29(33)31-22-23-32-30(26-12-6-3-7-13-26,27-14-8-4-9-15-27)28-16-10-5-11-17-28;1-16(29)21(24(32)28-33)27-23(31)20-12-8-18(9-13-20)5-3-2-4-17-6-10-19(11-7-17)22(30)26-15-14-25;22-16-17-23-21(18-10-4-1-5-11-18,19-12-6-2-7-13-19)20-14-8-3-9-15-20;1-7-13-8-10-14(11-9-13)16(21)19-15(17(22)20-23-6)12(2)24-18(3,4)5;1-2-7-3-5-8(6-4-7)9(10)11/h1,3-21,32H,22-23H2,(H,31,33);6-13,16,21,29,33H,14-15,25H2,1H3,(H,26,30)(H,27,31)(H,28,32);1-15,23H,16-17,22H2;1,8-12,15H,2-6H3,(H,19,21)(H,20,22);1,3-6H,(H,10,11)/t;16-,21?;;12-,15?;/m.1.1./s1. The van der Waals surface area contributed by atoms with E-state index in [-0.39, 0.29) is 22.9 Å². The summed E-state index contributed by atoms with van der Waals surface area (Å²) in [6.45, 7) is 11.8. The Kier molecular flexibility index (Phi) is 39.1. The third kappa shape index (κ3) is 29.3. The summed E-state index contributed by atoms with van der Waals surface area (Å²) in [5.41, 5.74) is 25.9. The van der Waals surface area contributed by atoms with Crippen molar-refractivity contribution in [2.75, 3.05) is 46.4 Å². The van der Waals surface area contributed by atoms with Gasteiger partial charge in [0.25, 0.3) is 35.4 Å². The molecule has 2 unspecified atom stereocenters. The first-order valence-corrected chi connectivity index (χ1v) is 39.6. The molecule has 22 heteroatoms. The van der Waals surface area contributed by atoms with Crippen LogP contribution in [0, 0.1) is 60.7 Å². The molecule has 11 aromatic carbocycles. The number of hydrogen-bond donors (Lipinski definition) is 13. The molecule has 0 aliphatic rings. The van der Waals surface area contributed by atoms with Gasteiger partial charge in [0.2, 0.25) is 0 Å². The number of terminal acetylenes is 3. The van der Waals surface area contributed by atoms with E-state index >= 15 is 0 Å². The van der Waals surface area contributed by atoms with Crippen LogP contribution in [-0.4, -0.2) is 133 Å². The van der Waals surface area contributed by atoms with E-state index in [1.165, 1.54) is 60.5 Å². The zero-order valence-corrected chi connectivity index (χ0v) is 69.8. The zero-order valence-electron chi connectivity index (χ0n) is 69.8. The average molecular weight is 1660 g/mol. The highest BCUT2D eigenvalue weighted by Gasteiger charge is 2.38. The third-order valence-corrected chi connectivity index (χ3v) is 18.6. The Hall–Kier alpha value is -14.8. The van der Waals surface area contributed by atoms with Gasteiger partial charge < -0.3 is 47.7 Å². The third-order valence-electron chi connectivity index (χ3n) is 18.6. The molecule has 0 radical (unpaired) electrons. The number of aliphatic hydroxyl groups excluding tert-OH is 1. The molecule has 0 spiro atoms. The largest absolute Gasteiger partial charge is 0.478 e. The van der Waals surface area contributed by atoms with Crippen LogP contribution >= 0.6 is 0 Å². The van der Waals surface area contributed by atoms with Crippen LogP contribution < -0.4 is 54.3 Å². The molecule has 6 amide bonds. The minimum Gasteiger partial charge on any atom is -0.478 e. The van der Waals surface area contributed by atoms with Gasteiger partial charge in [-0.1, -0.05) is 212 Å². The fourth-order valence-electron chi connectivity index (χ4n) is 12.7. The number of nitrogens with one attached hydrogen (secondary N) is 8. The van der Waals surface area contributed by atoms with Gasteiger partial charge >= 0.3 is 5.97 Å². The monoisotopic (exact) mass is 1660 g/mol. The van der Waals surface area contributed by atoms with Crippen molar-refractivity contribution in [1.82, 2.24) is 42.9 Å². The lowest BCUT2D eigenvalue weighted by Crippen LogP contribution is -2.54. The van der Waals surface area contributed by atoms with E-state index in [1.54, 1.807) is 104 Å². The van der Waals surface area contributed by atoms with Crippen LogP contribution in [0.4, 0.5) is 0 Å². The molecule has 632 valence electrons. The van der Waals surface area contributed by atoms with Crippen molar-refractivity contribution in [2.45, 2.75) is 75.6 Å². The van der Waals surface area contributed by atoms with Crippen molar-refractivity contribution in [1.29, 1.82) is 0 Å². The van der Waals surface area contributed by atoms with Crippen LogP contribution in [0.25, 0.3) is 0 Å². The maximum absolute atomic E-state index is 12.6. The highest BCUT2D eigenvalue weighted by atomic mass is 16.6. The Morgan fingerprint density at radius 3 is 0.960 bits per heavy atom. The van der Waals surface area contributed by atoms with Crippen molar-refractivity contribution >= 4 is 41.4 Å². The Morgan fingerprint density at radius 2 is 0.677 bits per heavy atom. The van der Waals surface area contributed by atoms with Gasteiger partial charge in [-0.05, 0) is 201 Å². The van der Waals surface area contributed by atoms with E-state index in [1.807, 2.05) is 57.2 Å². The number of hydroxylamine groups is 2. The van der Waals surface area contributed by atoms with Crippen LogP contribution in [0.15, 0.2) is 303 Å². The van der Waals surface area contributed by atoms with Crippen LogP contribution in [-0.2, 0) is 30.2 Å². The minimum absolute atomic E-state index is 0.120. The van der Waals surface area contributed by atoms with E-state index in [9.17, 15) is 38.7 Å². The summed E-state index contributed by atoms with van der Waals surface area (Å²) >= 11 is 0. The number of rotatable bonds is 28. The van der Waals surface area contributed by atoms with Crippen molar-refractivity contribution in [2.24, 2.45) is 11.5 Å². The second kappa shape index (κ2) is 50.3. The molecule has 0 saturated heterocycles. The number of carbonyl (C=O) groups is 7. The van der Waals surface area contributed by atoms with Crippen molar-refractivity contribution < 1.29 is 58.6 Å². The van der Waals surface area contributed by atoms with Gasteiger partial charge in [-0.2, -0.15) is 0 Å². The van der Waals surface area contributed by atoms with Gasteiger partial charge in [0, 0.05) is 89.3 Å². The number of amides is 6. The molecular weight excluding hydrogens is 1560 g/mol. The van der Waals surface area contributed by atoms with Crippen molar-refractivity contribution in [3.8, 4) is 60.7 Å². The summed E-state index contributed by atoms with van der Waals surface area (Å²) in [5, 5.41) is 45.0. The Bertz CT molecular complexity index is 5300. The lowest BCUT2D eigenvalue weighted by molar-refractivity contribution is -0.140. The number of carbonyl (C=O) groups excluding carboxylic acids is 6. The topological polar surface area (TPSA) is 347 Å². The van der Waals surface area contributed by atoms with Crippen LogP contribution in [0.3, 0.4) is 0 Å². The molecule has 15 N–H and O–H groups in total. The number of nitrogens with two attached hydrogens (primary N) is 2. The number of carboxylic acids is 1. The molecule has 11 rings (SSSR count). The summed E-state index contributed by atoms with van der Waals surface area (Å²) < 4.78 is 5.78. The second-order valence-electron chi connectivity index (χ2n) is 28.5. The molecule has 0 fully saturated rings. The molecule has 0 aliphatic carbocycles. The van der Waals surface area contributed by atoms with Crippen molar-refractivity contribution in [3.63, 3.8) is 0 Å². The smallest absolute Gasteiger partial charge is 0.335 e. The van der Waals surface area contributed by atoms with Gasteiger partial charge in [-0.3, -0.25) is 49.4 Å². The van der Waals surface area contributed by atoms with E-state index in [2.05, 4.69) is 229 Å². The predicted molar refractivity (Wildman–Crippen MR) is 483 cm³/mol. The molecule has 0 aliphatic heterocycles. The van der Waals surface area contributed by atoms with Crippen molar-refractivity contribution in [3.05, 3.63) is 392 Å². The van der Waals surface area contributed by atoms with Crippen LogP contribution in [0.5, 0.6) is 0 Å². The van der Waals surface area contributed by atoms with Gasteiger partial charge in [0.05, 0.1) is 41.6 Å². The number of aliphatic hydroxyl groups is 1. The van der Waals surface area contributed by atoms with Crippen LogP contribution in [0.2, 0.25) is 0 Å². The Morgan fingerprint density at radius 1 is 0.387 bits per heavy atom. The first-order chi connectivity index (χ1) is 59.9. The number of hydrogen-bond acceptors (Lipinski definition) is 15. The lowest BCUT2D eigenvalue weighted by Gasteiger charge is -2.37. The zero-order chi connectivity index (χ0) is 89.7. The number of benzene rings is 11. The van der Waals surface area contributed by atoms with E-state index in [0.29, 0.717) is 71.7 Å². The van der Waals surface area contributed by atoms with Gasteiger partial charge in [0.15, 0.2) is 0 Å². The highest BCUT2D eigenvalue weighted by molar-refractivity contribution is 5.99. The average Bonchev–Trinajstić information content (AvgIpc) is 0.762. The summed E-state index contributed by atoms with van der Waals surface area (Å²) in [4.78, 5) is 87.8. The summed E-state index contributed by atoms with van der Waals surface area (Å²) in [6, 6.07) is 93.4. The molecular formula is C102H102N10O12. The van der Waals surface area contributed by atoms with E-state index in [4.69, 9.17) is 45.8 Å². The Labute approximate surface area is 725 Å². The summed E-state index contributed by atoms with van der Waals surface area (Å²) in [7, 11) is 1.32. The first-order valence-electron chi connectivity index (χ1n) is 39.6. The molecule has 0 bridgehead atoms. The van der Waals surface area contributed by atoms with Crippen LogP contribution in [0.1, 0.15) is 148 Å². The summed E-state index contributed by atoms with van der Waals surface area (Å²) in [5.74, 6) is 14.9. The Balaban J connectivity index is 0.000000220. The molecule has 22 nitrogen and oxygen atoms in total. The maximum atomic E-state index is 12.6. The predicted octanol–water partition coefficient (Wildman–Crippen LogP) is 11.3. The molecule has 0 heterocycles. The van der Waals surface area contributed by atoms with Gasteiger partial charge in [-0.15, -0.1) is 19.3 Å². The maximum Gasteiger partial charge on any atom is 0.335 e. The number of aromatic carboxylic acids is 1. The molecule has 0 aromatic heterocycles. The minimum atomic E-state index is -1.30. The fourth-order valence-corrected chi connectivity index (χ4v) is 12.7. The van der Waals surface area contributed by atoms with Gasteiger partial charge in [-0.25, -0.2) is 15.8 Å². The number of ether oxygens (including phenoxy) is 1. The molecule has 124 heavy (non-hydrogen) atoms. The van der Waals surface area contributed by atoms with Gasteiger partial charge in [0.1, 0.15) is 12.1 Å². The normalized spacial score (nSPS) is 11.4. The van der Waals surface area contributed by atoms with E-state index in [0.717, 1.165) is 28.8 Å². The first kappa shape index (κ1) is 96.3. The molecule has 11 aromatic rings. The quantitative estimate of drug-likeness (QED) is 0.00712.